The normalized spacial score (nSPS) is 20.4. The number of nitrogens with one attached hydrogen (secondary N) is 1. The van der Waals surface area contributed by atoms with Crippen LogP contribution in [0.25, 0.3) is 5.70 Å². The summed E-state index contributed by atoms with van der Waals surface area (Å²) in [7, 11) is 1.69. The van der Waals surface area contributed by atoms with Crippen LogP contribution >= 0.6 is 0 Å². The van der Waals surface area contributed by atoms with Crippen LogP contribution in [0.5, 0.6) is 5.75 Å². The molecule has 0 fully saturated rings. The van der Waals surface area contributed by atoms with E-state index in [4.69, 9.17) is 19.5 Å². The Kier molecular flexibility index (Phi) is 7.53. The fourth-order valence-electron chi connectivity index (χ4n) is 5.70. The highest BCUT2D eigenvalue weighted by Crippen LogP contribution is 2.50. The molecule has 0 aliphatic carbocycles. The Morgan fingerprint density at radius 2 is 1.46 bits per heavy atom. The van der Waals surface area contributed by atoms with Gasteiger partial charge in [0.05, 0.1) is 18.8 Å². The van der Waals surface area contributed by atoms with Crippen molar-refractivity contribution in [2.24, 2.45) is 15.9 Å². The third-order valence-corrected chi connectivity index (χ3v) is 7.87. The Hall–Kier alpha value is -4.48. The lowest BCUT2D eigenvalue weighted by Gasteiger charge is -2.35. The third kappa shape index (κ3) is 5.21. The van der Waals surface area contributed by atoms with Crippen LogP contribution in [0.4, 0.5) is 0 Å². The van der Waals surface area contributed by atoms with Crippen LogP contribution in [-0.4, -0.2) is 24.9 Å². The largest absolute Gasteiger partial charge is 0.497 e. The van der Waals surface area contributed by atoms with E-state index in [1.807, 2.05) is 42.5 Å². The molecular formula is C36H35N3O2. The zero-order valence-corrected chi connectivity index (χ0v) is 23.7. The number of methoxy groups -OCH3 is 1. The lowest BCUT2D eigenvalue weighted by Crippen LogP contribution is -2.41. The van der Waals surface area contributed by atoms with Crippen molar-refractivity contribution in [2.45, 2.75) is 37.9 Å². The van der Waals surface area contributed by atoms with Crippen LogP contribution in [0.2, 0.25) is 0 Å². The van der Waals surface area contributed by atoms with Crippen molar-refractivity contribution in [3.63, 3.8) is 0 Å². The van der Waals surface area contributed by atoms with E-state index in [-0.39, 0.29) is 17.9 Å². The van der Waals surface area contributed by atoms with Crippen molar-refractivity contribution in [1.29, 1.82) is 0 Å². The molecule has 2 heterocycles. The molecule has 0 spiro atoms. The maximum atomic E-state index is 6.76. The molecule has 2 aliphatic rings. The minimum absolute atomic E-state index is 0.0965. The summed E-state index contributed by atoms with van der Waals surface area (Å²) >= 11 is 0. The van der Waals surface area contributed by atoms with Crippen LogP contribution in [0.3, 0.4) is 0 Å². The Morgan fingerprint density at radius 1 is 0.829 bits per heavy atom. The summed E-state index contributed by atoms with van der Waals surface area (Å²) in [5.74, 6) is 2.18. The molecule has 0 bridgehead atoms. The molecule has 41 heavy (non-hydrogen) atoms. The fourth-order valence-corrected chi connectivity index (χ4v) is 5.70. The Labute approximate surface area is 242 Å². The first-order chi connectivity index (χ1) is 20.1. The van der Waals surface area contributed by atoms with E-state index in [2.05, 4.69) is 98.0 Å². The molecule has 0 saturated heterocycles. The highest BCUT2D eigenvalue weighted by Gasteiger charge is 2.54. The average Bonchev–Trinajstić information content (AvgIpc) is 3.42. The summed E-state index contributed by atoms with van der Waals surface area (Å²) in [6.07, 6.45) is 2.24. The van der Waals surface area contributed by atoms with Gasteiger partial charge in [-0.3, -0.25) is 0 Å². The predicted molar refractivity (Wildman–Crippen MR) is 166 cm³/mol. The number of ether oxygens (including phenoxy) is 2. The minimum Gasteiger partial charge on any atom is -0.497 e. The molecule has 4 aromatic carbocycles. The molecule has 0 amide bonds. The molecule has 206 valence electrons. The van der Waals surface area contributed by atoms with Crippen molar-refractivity contribution >= 4 is 17.5 Å². The van der Waals surface area contributed by atoms with Gasteiger partial charge in [-0.1, -0.05) is 117 Å². The maximum absolute atomic E-state index is 6.76. The van der Waals surface area contributed by atoms with Gasteiger partial charge in [0.15, 0.2) is 5.54 Å². The monoisotopic (exact) mass is 541 g/mol. The van der Waals surface area contributed by atoms with E-state index < -0.39 is 5.54 Å². The van der Waals surface area contributed by atoms with E-state index in [9.17, 15) is 0 Å². The van der Waals surface area contributed by atoms with Crippen molar-refractivity contribution in [1.82, 2.24) is 5.32 Å². The van der Waals surface area contributed by atoms with Crippen LogP contribution in [0, 0.1) is 5.92 Å². The van der Waals surface area contributed by atoms with Crippen molar-refractivity contribution < 1.29 is 9.47 Å². The van der Waals surface area contributed by atoms with Gasteiger partial charge in [-0.2, -0.15) is 0 Å². The summed E-state index contributed by atoms with van der Waals surface area (Å²) in [5, 5.41) is 3.72. The number of benzene rings is 4. The smallest absolute Gasteiger partial charge is 0.230 e. The van der Waals surface area contributed by atoms with E-state index in [1.165, 1.54) is 5.56 Å². The van der Waals surface area contributed by atoms with E-state index >= 15 is 0 Å². The predicted octanol–water partition coefficient (Wildman–Crippen LogP) is 7.37. The van der Waals surface area contributed by atoms with E-state index in [0.717, 1.165) is 28.1 Å². The van der Waals surface area contributed by atoms with Gasteiger partial charge in [0.2, 0.25) is 11.8 Å². The number of fused-ring (bicyclic) bond motifs is 1. The first-order valence-electron chi connectivity index (χ1n) is 14.2. The zero-order chi connectivity index (χ0) is 28.2. The third-order valence-electron chi connectivity index (χ3n) is 7.87. The molecule has 0 aromatic heterocycles. The van der Waals surface area contributed by atoms with Gasteiger partial charge in [0.25, 0.3) is 0 Å². The number of nitrogens with zero attached hydrogens (tertiary/aromatic N) is 2. The zero-order valence-electron chi connectivity index (χ0n) is 23.7. The van der Waals surface area contributed by atoms with Crippen molar-refractivity contribution in [3.8, 4) is 5.75 Å². The van der Waals surface area contributed by atoms with Gasteiger partial charge in [0.1, 0.15) is 5.75 Å². The Bertz CT molecular complexity index is 1560. The SMILES string of the molecule is COc1ccc([C@@H]2C=C(c3ccccc3)N=C3OC(C(NCc4ccccc4)C(C)C)=N[C@@]32c2ccccc2)cc1. The van der Waals surface area contributed by atoms with Crippen molar-refractivity contribution in [2.75, 3.05) is 7.11 Å². The second kappa shape index (κ2) is 11.6. The molecule has 5 nitrogen and oxygen atoms in total. The average molecular weight is 542 g/mol. The molecule has 2 aliphatic heterocycles. The van der Waals surface area contributed by atoms with Gasteiger partial charge in [-0.25, -0.2) is 9.98 Å². The molecule has 1 N–H and O–H groups in total. The minimum atomic E-state index is -0.842. The Balaban J connectivity index is 1.50. The van der Waals surface area contributed by atoms with Crippen LogP contribution in [0.1, 0.15) is 42.0 Å². The number of rotatable bonds is 9. The summed E-state index contributed by atoms with van der Waals surface area (Å²) in [5.41, 5.74) is 4.45. The van der Waals surface area contributed by atoms with Crippen molar-refractivity contribution in [3.05, 3.63) is 144 Å². The quantitative estimate of drug-likeness (QED) is 0.241. The number of aliphatic imine (C=N–C) groups is 2. The second-order valence-electron chi connectivity index (χ2n) is 10.9. The molecule has 0 radical (unpaired) electrons. The summed E-state index contributed by atoms with van der Waals surface area (Å²) in [6, 6.07) is 39.3. The summed E-state index contributed by atoms with van der Waals surface area (Å²) < 4.78 is 12.2. The molecule has 6 rings (SSSR count). The van der Waals surface area contributed by atoms with Gasteiger partial charge in [-0.15, -0.1) is 0 Å². The topological polar surface area (TPSA) is 55.2 Å². The number of hydrogen-bond donors (Lipinski definition) is 1. The lowest BCUT2D eigenvalue weighted by atomic mass is 9.72. The summed E-state index contributed by atoms with van der Waals surface area (Å²) in [6.45, 7) is 5.11. The highest BCUT2D eigenvalue weighted by atomic mass is 16.5. The molecule has 5 heteroatoms. The highest BCUT2D eigenvalue weighted by molar-refractivity contribution is 6.09. The van der Waals surface area contributed by atoms with Gasteiger partial charge < -0.3 is 14.8 Å². The van der Waals surface area contributed by atoms with Crippen LogP contribution < -0.4 is 10.1 Å². The molecular weight excluding hydrogens is 506 g/mol. The Morgan fingerprint density at radius 3 is 2.10 bits per heavy atom. The van der Waals surface area contributed by atoms with Gasteiger partial charge >= 0.3 is 0 Å². The molecule has 1 unspecified atom stereocenters. The van der Waals surface area contributed by atoms with Gasteiger partial charge in [0, 0.05) is 12.5 Å². The molecule has 0 saturated carbocycles. The first kappa shape index (κ1) is 26.7. The first-order valence-corrected chi connectivity index (χ1v) is 14.2. The fraction of sp³-hybridized carbons (Fsp3) is 0.222. The van der Waals surface area contributed by atoms with E-state index in [0.29, 0.717) is 18.3 Å². The maximum Gasteiger partial charge on any atom is 0.230 e. The second-order valence-corrected chi connectivity index (χ2v) is 10.9. The van der Waals surface area contributed by atoms with Crippen LogP contribution in [0.15, 0.2) is 131 Å². The molecule has 4 aromatic rings. The standard InChI is InChI=1S/C36H35N3O2/c1-25(2)33(37-24-26-13-7-4-8-14-26)34-39-36(29-17-11-6-12-18-29)31(27-19-21-30(40-3)22-20-27)23-32(38-35(36)41-34)28-15-9-5-10-16-28/h4-23,25,31,33,37H,24H2,1-3H3/t31-,33?,36+/m0/s1. The van der Waals surface area contributed by atoms with Crippen LogP contribution in [-0.2, 0) is 16.8 Å². The lowest BCUT2D eigenvalue weighted by molar-refractivity contribution is 0.412. The van der Waals surface area contributed by atoms with E-state index in [1.54, 1.807) is 7.11 Å². The number of hydrogen-bond acceptors (Lipinski definition) is 5. The summed E-state index contributed by atoms with van der Waals surface area (Å²) in [4.78, 5) is 10.7. The molecule has 3 atom stereocenters. The van der Waals surface area contributed by atoms with Gasteiger partial charge in [-0.05, 0) is 46.4 Å².